The first kappa shape index (κ1) is 18.3. The summed E-state index contributed by atoms with van der Waals surface area (Å²) < 4.78 is 0. The monoisotopic (exact) mass is 342 g/mol. The summed E-state index contributed by atoms with van der Waals surface area (Å²) >= 11 is 0. The summed E-state index contributed by atoms with van der Waals surface area (Å²) in [5.41, 5.74) is 12.5. The third-order valence-corrected chi connectivity index (χ3v) is 4.36. The molecule has 0 heterocycles. The highest BCUT2D eigenvalue weighted by Crippen LogP contribution is 2.38. The van der Waals surface area contributed by atoms with Crippen molar-refractivity contribution in [3.63, 3.8) is 0 Å². The molecule has 0 unspecified atom stereocenters. The van der Waals surface area contributed by atoms with Crippen LogP contribution in [0.4, 0.5) is 11.4 Å². The third-order valence-electron chi connectivity index (χ3n) is 4.36. The van der Waals surface area contributed by atoms with Crippen molar-refractivity contribution in [3.05, 3.63) is 59.7 Å². The van der Waals surface area contributed by atoms with Crippen LogP contribution < -0.4 is 11.5 Å². The van der Waals surface area contributed by atoms with Gasteiger partial charge in [-0.05, 0) is 48.2 Å². The number of carbonyl (C=O) groups is 2. The number of unbranched alkanes of at least 4 members (excludes halogenated alkanes) is 1. The van der Waals surface area contributed by atoms with Gasteiger partial charge in [-0.25, -0.2) is 0 Å². The summed E-state index contributed by atoms with van der Waals surface area (Å²) in [5.74, 6) is -1.88. The van der Waals surface area contributed by atoms with Crippen molar-refractivity contribution in [3.8, 4) is 0 Å². The van der Waals surface area contributed by atoms with Crippen molar-refractivity contribution >= 4 is 23.3 Å². The molecule has 0 fully saturated rings. The molecule has 2 aromatic carbocycles. The van der Waals surface area contributed by atoms with Crippen molar-refractivity contribution < 1.29 is 19.8 Å². The van der Waals surface area contributed by atoms with E-state index in [-0.39, 0.29) is 12.8 Å². The van der Waals surface area contributed by atoms with Crippen LogP contribution in [-0.4, -0.2) is 22.2 Å². The van der Waals surface area contributed by atoms with Gasteiger partial charge in [0.2, 0.25) is 0 Å². The Kier molecular flexibility index (Phi) is 5.64. The molecule has 0 radical (unpaired) electrons. The van der Waals surface area contributed by atoms with Gasteiger partial charge in [0.25, 0.3) is 0 Å². The SMILES string of the molecule is Nc1ccc(C(CCCCC(=O)O)(C(=O)O)c2ccc(N)cc2)cc1. The highest BCUT2D eigenvalue weighted by atomic mass is 16.4. The number of hydrogen-bond donors (Lipinski definition) is 4. The van der Waals surface area contributed by atoms with Gasteiger partial charge in [-0.1, -0.05) is 30.7 Å². The van der Waals surface area contributed by atoms with E-state index in [2.05, 4.69) is 0 Å². The van der Waals surface area contributed by atoms with Crippen LogP contribution in [0.15, 0.2) is 48.5 Å². The number of nitrogens with two attached hydrogens (primary N) is 2. The molecule has 6 N–H and O–H groups in total. The molecular formula is C19H22N2O4. The molecular weight excluding hydrogens is 320 g/mol. The fourth-order valence-electron chi connectivity index (χ4n) is 3.01. The molecule has 0 bridgehead atoms. The molecule has 2 rings (SSSR count). The Labute approximate surface area is 146 Å². The van der Waals surface area contributed by atoms with Gasteiger partial charge < -0.3 is 21.7 Å². The molecule has 0 amide bonds. The second-order valence-corrected chi connectivity index (χ2v) is 6.06. The Morgan fingerprint density at radius 3 is 1.60 bits per heavy atom. The standard InChI is InChI=1S/C19H22N2O4/c20-15-8-4-13(5-9-15)19(18(24)25,12-2-1-3-17(22)23)14-6-10-16(21)11-7-14/h4-11H,1-3,12,20-21H2,(H,22,23)(H,24,25). The van der Waals surface area contributed by atoms with E-state index in [1.807, 2.05) is 0 Å². The molecule has 0 aliphatic carbocycles. The maximum Gasteiger partial charge on any atom is 0.318 e. The Balaban J connectivity index is 2.46. The predicted molar refractivity (Wildman–Crippen MR) is 96.2 cm³/mol. The normalized spacial score (nSPS) is 11.2. The van der Waals surface area contributed by atoms with Gasteiger partial charge in [0.05, 0.1) is 0 Å². The second kappa shape index (κ2) is 7.70. The van der Waals surface area contributed by atoms with E-state index in [1.54, 1.807) is 48.5 Å². The molecule has 0 saturated carbocycles. The largest absolute Gasteiger partial charge is 0.481 e. The van der Waals surface area contributed by atoms with E-state index in [9.17, 15) is 14.7 Å². The van der Waals surface area contributed by atoms with Crippen LogP contribution in [0.25, 0.3) is 0 Å². The Morgan fingerprint density at radius 1 is 0.800 bits per heavy atom. The molecule has 2 aromatic rings. The number of hydrogen-bond acceptors (Lipinski definition) is 4. The van der Waals surface area contributed by atoms with Gasteiger partial charge in [-0.2, -0.15) is 0 Å². The van der Waals surface area contributed by atoms with Crippen molar-refractivity contribution in [1.29, 1.82) is 0 Å². The number of benzene rings is 2. The number of nitrogen functional groups attached to an aromatic ring is 2. The fourth-order valence-corrected chi connectivity index (χ4v) is 3.01. The average Bonchev–Trinajstić information content (AvgIpc) is 2.57. The van der Waals surface area contributed by atoms with Gasteiger partial charge in [0.1, 0.15) is 5.41 Å². The quantitative estimate of drug-likeness (QED) is 0.431. The zero-order valence-electron chi connectivity index (χ0n) is 13.8. The topological polar surface area (TPSA) is 127 Å². The first-order chi connectivity index (χ1) is 11.9. The lowest BCUT2D eigenvalue weighted by Crippen LogP contribution is -2.37. The molecule has 132 valence electrons. The fraction of sp³-hybridized carbons (Fsp3) is 0.263. The van der Waals surface area contributed by atoms with Gasteiger partial charge >= 0.3 is 11.9 Å². The average molecular weight is 342 g/mol. The molecule has 25 heavy (non-hydrogen) atoms. The van der Waals surface area contributed by atoms with E-state index in [0.717, 1.165) is 0 Å². The number of anilines is 2. The molecule has 6 nitrogen and oxygen atoms in total. The van der Waals surface area contributed by atoms with Crippen LogP contribution in [-0.2, 0) is 15.0 Å². The van der Waals surface area contributed by atoms with Crippen LogP contribution >= 0.6 is 0 Å². The van der Waals surface area contributed by atoms with E-state index in [0.29, 0.717) is 35.3 Å². The molecule has 0 saturated heterocycles. The number of rotatable bonds is 8. The maximum absolute atomic E-state index is 12.3. The molecule has 0 aromatic heterocycles. The van der Waals surface area contributed by atoms with Gasteiger partial charge in [-0.15, -0.1) is 0 Å². The van der Waals surface area contributed by atoms with Gasteiger partial charge in [-0.3, -0.25) is 9.59 Å². The minimum atomic E-state index is -1.28. The maximum atomic E-state index is 12.3. The van der Waals surface area contributed by atoms with Crippen LogP contribution in [0.2, 0.25) is 0 Å². The second-order valence-electron chi connectivity index (χ2n) is 6.06. The number of aliphatic carboxylic acids is 2. The van der Waals surface area contributed by atoms with E-state index >= 15 is 0 Å². The summed E-state index contributed by atoms with van der Waals surface area (Å²) in [5, 5.41) is 18.9. The number of carboxylic acid groups (broad SMARTS) is 2. The van der Waals surface area contributed by atoms with Crippen molar-refractivity contribution in [2.24, 2.45) is 0 Å². The van der Waals surface area contributed by atoms with Crippen LogP contribution in [0.1, 0.15) is 36.8 Å². The van der Waals surface area contributed by atoms with E-state index in [4.69, 9.17) is 16.6 Å². The Morgan fingerprint density at radius 2 is 1.24 bits per heavy atom. The zero-order chi connectivity index (χ0) is 18.4. The summed E-state index contributed by atoms with van der Waals surface area (Å²) in [6.07, 6.45) is 1.17. The smallest absolute Gasteiger partial charge is 0.318 e. The van der Waals surface area contributed by atoms with Crippen LogP contribution in [0.5, 0.6) is 0 Å². The van der Waals surface area contributed by atoms with Gasteiger partial charge in [0, 0.05) is 17.8 Å². The van der Waals surface area contributed by atoms with E-state index in [1.165, 1.54) is 0 Å². The Bertz CT molecular complexity index is 694. The first-order valence-electron chi connectivity index (χ1n) is 8.03. The molecule has 0 atom stereocenters. The minimum Gasteiger partial charge on any atom is -0.481 e. The summed E-state index contributed by atoms with van der Waals surface area (Å²) in [6.45, 7) is 0. The van der Waals surface area contributed by atoms with Crippen LogP contribution in [0.3, 0.4) is 0 Å². The minimum absolute atomic E-state index is 0.0131. The highest BCUT2D eigenvalue weighted by Gasteiger charge is 2.41. The zero-order valence-corrected chi connectivity index (χ0v) is 13.8. The molecule has 0 spiro atoms. The lowest BCUT2D eigenvalue weighted by molar-refractivity contribution is -0.142. The lowest BCUT2D eigenvalue weighted by atomic mass is 9.71. The summed E-state index contributed by atoms with van der Waals surface area (Å²) in [6, 6.07) is 13.5. The first-order valence-corrected chi connectivity index (χ1v) is 8.03. The van der Waals surface area contributed by atoms with E-state index < -0.39 is 17.4 Å². The summed E-state index contributed by atoms with van der Waals surface area (Å²) in [7, 11) is 0. The van der Waals surface area contributed by atoms with Crippen molar-refractivity contribution in [1.82, 2.24) is 0 Å². The third kappa shape index (κ3) is 4.09. The number of carboxylic acids is 2. The lowest BCUT2D eigenvalue weighted by Gasteiger charge is -2.31. The highest BCUT2D eigenvalue weighted by molar-refractivity contribution is 5.86. The molecule has 0 aliphatic rings. The van der Waals surface area contributed by atoms with Crippen molar-refractivity contribution in [2.45, 2.75) is 31.1 Å². The predicted octanol–water partition coefficient (Wildman–Crippen LogP) is 2.87. The molecule has 6 heteroatoms. The van der Waals surface area contributed by atoms with Gasteiger partial charge in [0.15, 0.2) is 0 Å². The Hall–Kier alpha value is -3.02. The summed E-state index contributed by atoms with van der Waals surface area (Å²) in [4.78, 5) is 23.1. The van der Waals surface area contributed by atoms with Crippen LogP contribution in [0, 0.1) is 0 Å². The van der Waals surface area contributed by atoms with Crippen molar-refractivity contribution in [2.75, 3.05) is 11.5 Å². The molecule has 0 aliphatic heterocycles.